The molecular formula is C14H26N4. The van der Waals surface area contributed by atoms with Crippen molar-refractivity contribution in [3.63, 3.8) is 0 Å². The molecule has 0 aromatic heterocycles. The molecular weight excluding hydrogens is 224 g/mol. The van der Waals surface area contributed by atoms with E-state index in [4.69, 9.17) is 11.5 Å². The molecule has 4 heterocycles. The third-order valence-electron chi connectivity index (χ3n) is 7.23. The summed E-state index contributed by atoms with van der Waals surface area (Å²) in [6, 6.07) is 1.37. The average Bonchev–Trinajstić information content (AvgIpc) is 2.40. The van der Waals surface area contributed by atoms with Gasteiger partial charge in [-0.3, -0.25) is 0 Å². The fourth-order valence-electron chi connectivity index (χ4n) is 6.42. The Labute approximate surface area is 110 Å². The highest BCUT2D eigenvalue weighted by molar-refractivity contribution is 5.26. The molecule has 4 aliphatic heterocycles. The Morgan fingerprint density at radius 2 is 1.28 bits per heavy atom. The molecule has 4 nitrogen and oxygen atoms in total. The first-order chi connectivity index (χ1) is 8.59. The Kier molecular flexibility index (Phi) is 2.13. The minimum atomic E-state index is 0.395. The Morgan fingerprint density at radius 3 is 1.61 bits per heavy atom. The van der Waals surface area contributed by atoms with Gasteiger partial charge in [0.25, 0.3) is 0 Å². The van der Waals surface area contributed by atoms with Crippen LogP contribution in [0.25, 0.3) is 0 Å². The zero-order chi connectivity index (χ0) is 12.7. The minimum Gasteiger partial charge on any atom is -0.330 e. The number of rotatable bonds is 2. The van der Waals surface area contributed by atoms with Crippen LogP contribution in [-0.4, -0.2) is 62.2 Å². The van der Waals surface area contributed by atoms with Crippen molar-refractivity contribution < 1.29 is 0 Å². The van der Waals surface area contributed by atoms with Gasteiger partial charge in [0.1, 0.15) is 0 Å². The molecule has 0 amide bonds. The molecule has 6 bridgehead atoms. The molecule has 6 unspecified atom stereocenters. The number of nitrogens with two attached hydrogens (primary N) is 2. The normalized spacial score (nSPS) is 58.7. The lowest BCUT2D eigenvalue weighted by atomic mass is 9.36. The van der Waals surface area contributed by atoms with Gasteiger partial charge in [0.2, 0.25) is 0 Å². The summed E-state index contributed by atoms with van der Waals surface area (Å²) in [6.45, 7) is 4.24. The fourth-order valence-corrected chi connectivity index (χ4v) is 6.42. The van der Waals surface area contributed by atoms with E-state index in [1.807, 2.05) is 0 Å². The van der Waals surface area contributed by atoms with Crippen LogP contribution < -0.4 is 11.5 Å². The summed E-state index contributed by atoms with van der Waals surface area (Å²) in [6.07, 6.45) is 2.57. The van der Waals surface area contributed by atoms with Crippen LogP contribution in [0.5, 0.6) is 0 Å². The van der Waals surface area contributed by atoms with E-state index in [0.29, 0.717) is 22.9 Å². The van der Waals surface area contributed by atoms with E-state index in [2.05, 4.69) is 23.9 Å². The van der Waals surface area contributed by atoms with Gasteiger partial charge in [0.05, 0.1) is 0 Å². The first kappa shape index (κ1) is 11.6. The predicted molar refractivity (Wildman–Crippen MR) is 72.0 cm³/mol. The van der Waals surface area contributed by atoms with E-state index in [1.54, 1.807) is 0 Å². The van der Waals surface area contributed by atoms with Crippen molar-refractivity contribution in [2.24, 2.45) is 34.1 Å². The van der Waals surface area contributed by atoms with Crippen LogP contribution in [0.2, 0.25) is 0 Å². The zero-order valence-corrected chi connectivity index (χ0v) is 11.6. The van der Waals surface area contributed by atoms with Gasteiger partial charge in [-0.1, -0.05) is 0 Å². The highest BCUT2D eigenvalue weighted by Gasteiger charge is 2.73. The summed E-state index contributed by atoms with van der Waals surface area (Å²) in [5.41, 5.74) is 13.3. The minimum absolute atomic E-state index is 0.395. The van der Waals surface area contributed by atoms with Crippen LogP contribution in [0.4, 0.5) is 0 Å². The molecule has 18 heavy (non-hydrogen) atoms. The molecule has 6 atom stereocenters. The topological polar surface area (TPSA) is 58.5 Å². The molecule has 0 radical (unpaired) electrons. The van der Waals surface area contributed by atoms with E-state index >= 15 is 0 Å². The molecule has 0 aromatic carbocycles. The van der Waals surface area contributed by atoms with Gasteiger partial charge >= 0.3 is 0 Å². The summed E-state index contributed by atoms with van der Waals surface area (Å²) < 4.78 is 0. The number of nitrogens with zero attached hydrogens (tertiary/aromatic N) is 2. The second-order valence-electron chi connectivity index (χ2n) is 7.41. The van der Waals surface area contributed by atoms with Gasteiger partial charge in [-0.15, -0.1) is 0 Å². The molecule has 7 rings (SSSR count). The smallest absolute Gasteiger partial charge is 0.0171 e. The maximum absolute atomic E-state index is 6.26. The molecule has 3 saturated carbocycles. The molecule has 4 N–H and O–H groups in total. The third-order valence-corrected chi connectivity index (χ3v) is 7.23. The summed E-state index contributed by atoms with van der Waals surface area (Å²) in [7, 11) is 4.59. The molecule has 3 aliphatic carbocycles. The number of hydrogen-bond donors (Lipinski definition) is 2. The Hall–Kier alpha value is -0.160. The molecule has 102 valence electrons. The fraction of sp³-hybridized carbons (Fsp3) is 1.00. The summed E-state index contributed by atoms with van der Waals surface area (Å²) in [5.74, 6) is 1.58. The maximum atomic E-state index is 6.26. The van der Waals surface area contributed by atoms with Crippen LogP contribution >= 0.6 is 0 Å². The molecule has 7 fully saturated rings. The van der Waals surface area contributed by atoms with E-state index in [9.17, 15) is 0 Å². The van der Waals surface area contributed by atoms with Crippen molar-refractivity contribution >= 4 is 0 Å². The lowest BCUT2D eigenvalue weighted by molar-refractivity contribution is -0.280. The van der Waals surface area contributed by atoms with Crippen LogP contribution in [0.1, 0.15) is 12.8 Å². The van der Waals surface area contributed by atoms with Crippen molar-refractivity contribution in [1.82, 2.24) is 9.80 Å². The van der Waals surface area contributed by atoms with Crippen molar-refractivity contribution in [3.05, 3.63) is 0 Å². The van der Waals surface area contributed by atoms with Crippen LogP contribution in [0, 0.1) is 22.7 Å². The Balaban J connectivity index is 1.87. The molecule has 7 aliphatic rings. The van der Waals surface area contributed by atoms with E-state index in [0.717, 1.165) is 24.9 Å². The van der Waals surface area contributed by atoms with Gasteiger partial charge in [0, 0.05) is 36.0 Å². The largest absolute Gasteiger partial charge is 0.330 e. The highest BCUT2D eigenvalue weighted by atomic mass is 15.3. The zero-order valence-electron chi connectivity index (χ0n) is 11.6. The van der Waals surface area contributed by atoms with Gasteiger partial charge in [0.15, 0.2) is 0 Å². The van der Waals surface area contributed by atoms with Crippen LogP contribution in [0.3, 0.4) is 0 Å². The van der Waals surface area contributed by atoms with Gasteiger partial charge in [-0.05, 0) is 51.9 Å². The molecule has 0 aromatic rings. The van der Waals surface area contributed by atoms with Crippen molar-refractivity contribution in [2.75, 3.05) is 40.3 Å². The van der Waals surface area contributed by atoms with E-state index < -0.39 is 0 Å². The summed E-state index contributed by atoms with van der Waals surface area (Å²) in [4.78, 5) is 5.17. The number of hydrogen-bond acceptors (Lipinski definition) is 4. The Bertz CT molecular complexity index is 350. The summed E-state index contributed by atoms with van der Waals surface area (Å²) in [5, 5.41) is 0. The second-order valence-corrected chi connectivity index (χ2v) is 7.41. The quantitative estimate of drug-likeness (QED) is 0.696. The molecule has 0 spiro atoms. The lowest BCUT2D eigenvalue weighted by Gasteiger charge is -2.78. The average molecular weight is 250 g/mol. The first-order valence-corrected chi connectivity index (χ1v) is 7.40. The third kappa shape index (κ3) is 0.974. The van der Waals surface area contributed by atoms with Gasteiger partial charge < -0.3 is 21.3 Å². The first-order valence-electron chi connectivity index (χ1n) is 7.40. The second kappa shape index (κ2) is 3.29. The predicted octanol–water partition coefficient (Wildman–Crippen LogP) is -0.456. The standard InChI is InChI=1S/C14H26N4/c1-17-5-9-10-6-18(2)12-4-13(10,7-15)11(17)3-14(9,12)8-16/h9-12H,3-8,15-16H2,1-2H3. The van der Waals surface area contributed by atoms with E-state index in [-0.39, 0.29) is 0 Å². The van der Waals surface area contributed by atoms with Crippen molar-refractivity contribution in [1.29, 1.82) is 0 Å². The monoisotopic (exact) mass is 250 g/mol. The van der Waals surface area contributed by atoms with Gasteiger partial charge in [-0.25, -0.2) is 0 Å². The van der Waals surface area contributed by atoms with Crippen molar-refractivity contribution in [2.45, 2.75) is 24.9 Å². The van der Waals surface area contributed by atoms with E-state index in [1.165, 1.54) is 25.9 Å². The van der Waals surface area contributed by atoms with Crippen LogP contribution in [-0.2, 0) is 0 Å². The molecule has 4 saturated heterocycles. The van der Waals surface area contributed by atoms with Crippen molar-refractivity contribution in [3.8, 4) is 0 Å². The maximum Gasteiger partial charge on any atom is 0.0171 e. The summed E-state index contributed by atoms with van der Waals surface area (Å²) >= 11 is 0. The van der Waals surface area contributed by atoms with Gasteiger partial charge in [-0.2, -0.15) is 0 Å². The molecule has 4 heteroatoms. The lowest BCUT2D eigenvalue weighted by Crippen LogP contribution is -2.84. The number of piperidine rings is 4. The highest BCUT2D eigenvalue weighted by Crippen LogP contribution is 2.69. The Morgan fingerprint density at radius 1 is 0.889 bits per heavy atom. The SMILES string of the molecule is CN1CC2C3CN(C)C4CC3(CN)C1CC24CN. The van der Waals surface area contributed by atoms with Crippen LogP contribution in [0.15, 0.2) is 0 Å². The number of fused-ring (bicyclic) bond motifs is 2.